The topological polar surface area (TPSA) is 48.7 Å². The van der Waals surface area contributed by atoms with E-state index in [4.69, 9.17) is 4.42 Å². The van der Waals surface area contributed by atoms with Crippen LogP contribution in [-0.4, -0.2) is 31.6 Å². The van der Waals surface area contributed by atoms with Gasteiger partial charge in [0.05, 0.1) is 30.3 Å². The standard InChI is InChI=1S/C26H26F3N3O2/c1-17-4-7-20(8-5-17)31-10-11-32-23-9-6-19(26(27,28)29)13-18(23)14-22(24(32)16-31)25(33)30-15-21-3-2-12-34-21/h2-9,12-13,22,24H,10-11,14-16H2,1H3,(H,30,33)/t22-,24+/m1/s1. The van der Waals surface area contributed by atoms with E-state index in [0.717, 1.165) is 24.0 Å². The molecule has 3 heterocycles. The van der Waals surface area contributed by atoms with Crippen molar-refractivity contribution in [3.05, 3.63) is 83.3 Å². The number of aryl methyl sites for hydroxylation is 1. The van der Waals surface area contributed by atoms with Crippen LogP contribution in [0.25, 0.3) is 0 Å². The minimum atomic E-state index is -4.42. The first-order valence-corrected chi connectivity index (χ1v) is 11.4. The smallest absolute Gasteiger partial charge is 0.416 e. The number of piperazine rings is 1. The molecule has 5 rings (SSSR count). The molecule has 1 amide bonds. The lowest BCUT2D eigenvalue weighted by Crippen LogP contribution is -2.61. The van der Waals surface area contributed by atoms with Gasteiger partial charge < -0.3 is 19.5 Å². The Morgan fingerprint density at radius 2 is 1.91 bits per heavy atom. The van der Waals surface area contributed by atoms with Crippen LogP contribution in [0.2, 0.25) is 0 Å². The number of carbonyl (C=O) groups is 1. The normalized spacial score (nSPS) is 20.0. The van der Waals surface area contributed by atoms with Gasteiger partial charge in [0.2, 0.25) is 5.91 Å². The van der Waals surface area contributed by atoms with E-state index >= 15 is 0 Å². The number of nitrogens with one attached hydrogen (secondary N) is 1. The lowest BCUT2D eigenvalue weighted by atomic mass is 9.82. The number of carbonyl (C=O) groups excluding carboxylic acids is 1. The van der Waals surface area contributed by atoms with Crippen molar-refractivity contribution in [3.8, 4) is 0 Å². The fraction of sp³-hybridized carbons (Fsp3) is 0.346. The zero-order valence-corrected chi connectivity index (χ0v) is 18.8. The largest absolute Gasteiger partial charge is 0.467 e. The summed E-state index contributed by atoms with van der Waals surface area (Å²) >= 11 is 0. The molecule has 1 fully saturated rings. The number of alkyl halides is 3. The van der Waals surface area contributed by atoms with E-state index in [2.05, 4.69) is 39.4 Å². The van der Waals surface area contributed by atoms with Crippen LogP contribution in [0.15, 0.2) is 65.3 Å². The second-order valence-electron chi connectivity index (χ2n) is 8.99. The number of anilines is 2. The highest BCUT2D eigenvalue weighted by Gasteiger charge is 2.42. The third-order valence-electron chi connectivity index (χ3n) is 6.79. The van der Waals surface area contributed by atoms with Crippen LogP contribution in [0.3, 0.4) is 0 Å². The molecule has 0 spiro atoms. The van der Waals surface area contributed by atoms with E-state index in [-0.39, 0.29) is 24.9 Å². The maximum Gasteiger partial charge on any atom is 0.416 e. The predicted octanol–water partition coefficient (Wildman–Crippen LogP) is 4.79. The second-order valence-corrected chi connectivity index (χ2v) is 8.99. The molecule has 5 nitrogen and oxygen atoms in total. The SMILES string of the molecule is Cc1ccc(N2CCN3c4ccc(C(F)(F)F)cc4C[C@@H](C(=O)NCc4ccco4)[C@@H]3C2)cc1. The monoisotopic (exact) mass is 469 g/mol. The first kappa shape index (κ1) is 22.4. The maximum absolute atomic E-state index is 13.4. The van der Waals surface area contributed by atoms with Gasteiger partial charge in [0.25, 0.3) is 0 Å². The predicted molar refractivity (Wildman–Crippen MR) is 124 cm³/mol. The number of nitrogens with zero attached hydrogens (tertiary/aromatic N) is 2. The molecule has 1 saturated heterocycles. The van der Waals surface area contributed by atoms with Crippen LogP contribution in [0.4, 0.5) is 24.5 Å². The van der Waals surface area contributed by atoms with Gasteiger partial charge in [-0.2, -0.15) is 13.2 Å². The molecule has 0 unspecified atom stereocenters. The fourth-order valence-corrected chi connectivity index (χ4v) is 5.01. The molecule has 34 heavy (non-hydrogen) atoms. The van der Waals surface area contributed by atoms with Crippen LogP contribution in [-0.2, 0) is 23.9 Å². The highest BCUT2D eigenvalue weighted by atomic mass is 19.4. The van der Waals surface area contributed by atoms with Gasteiger partial charge in [0.15, 0.2) is 0 Å². The molecular weight excluding hydrogens is 443 g/mol. The summed E-state index contributed by atoms with van der Waals surface area (Å²) in [5.41, 5.74) is 2.92. The van der Waals surface area contributed by atoms with Gasteiger partial charge in [-0.25, -0.2) is 0 Å². The van der Waals surface area contributed by atoms with Crippen molar-refractivity contribution in [2.24, 2.45) is 5.92 Å². The molecule has 2 aromatic carbocycles. The van der Waals surface area contributed by atoms with Crippen LogP contribution in [0, 0.1) is 12.8 Å². The Balaban J connectivity index is 1.45. The van der Waals surface area contributed by atoms with E-state index < -0.39 is 17.7 Å². The summed E-state index contributed by atoms with van der Waals surface area (Å²) in [4.78, 5) is 17.7. The zero-order chi connectivity index (χ0) is 23.9. The fourth-order valence-electron chi connectivity index (χ4n) is 5.01. The van der Waals surface area contributed by atoms with E-state index in [1.165, 1.54) is 11.6 Å². The van der Waals surface area contributed by atoms with Gasteiger partial charge in [-0.05, 0) is 61.4 Å². The molecule has 2 aliphatic rings. The van der Waals surface area contributed by atoms with Gasteiger partial charge in [-0.3, -0.25) is 4.79 Å². The third kappa shape index (κ3) is 4.36. The summed E-state index contributed by atoms with van der Waals surface area (Å²) in [7, 11) is 0. The number of hydrogen-bond donors (Lipinski definition) is 1. The molecule has 0 radical (unpaired) electrons. The highest BCUT2D eigenvalue weighted by Crippen LogP contribution is 2.40. The van der Waals surface area contributed by atoms with E-state index in [1.54, 1.807) is 24.5 Å². The summed E-state index contributed by atoms with van der Waals surface area (Å²) < 4.78 is 45.5. The first-order valence-electron chi connectivity index (χ1n) is 11.4. The lowest BCUT2D eigenvalue weighted by molar-refractivity contribution is -0.137. The number of benzene rings is 2. The molecule has 1 N–H and O–H groups in total. The van der Waals surface area contributed by atoms with Crippen LogP contribution >= 0.6 is 0 Å². The molecule has 0 bridgehead atoms. The Morgan fingerprint density at radius 3 is 2.62 bits per heavy atom. The molecule has 8 heteroatoms. The maximum atomic E-state index is 13.4. The van der Waals surface area contributed by atoms with Gasteiger partial charge >= 0.3 is 6.18 Å². The number of halogens is 3. The third-order valence-corrected chi connectivity index (χ3v) is 6.79. The zero-order valence-electron chi connectivity index (χ0n) is 18.8. The van der Waals surface area contributed by atoms with Crippen LogP contribution < -0.4 is 15.1 Å². The van der Waals surface area contributed by atoms with Crippen molar-refractivity contribution in [1.29, 1.82) is 0 Å². The molecule has 3 aromatic rings. The molecule has 0 saturated carbocycles. The number of furan rings is 1. The summed E-state index contributed by atoms with van der Waals surface area (Å²) in [6.07, 6.45) is -2.63. The van der Waals surface area contributed by atoms with Gasteiger partial charge in [0, 0.05) is 31.0 Å². The number of rotatable bonds is 4. The van der Waals surface area contributed by atoms with Crippen molar-refractivity contribution in [2.75, 3.05) is 29.4 Å². The van der Waals surface area contributed by atoms with E-state index in [9.17, 15) is 18.0 Å². The Morgan fingerprint density at radius 1 is 1.12 bits per heavy atom. The van der Waals surface area contributed by atoms with Crippen LogP contribution in [0.1, 0.15) is 22.5 Å². The van der Waals surface area contributed by atoms with Crippen molar-refractivity contribution in [1.82, 2.24) is 5.32 Å². The Hall–Kier alpha value is -3.42. The number of hydrogen-bond acceptors (Lipinski definition) is 4. The summed E-state index contributed by atoms with van der Waals surface area (Å²) in [5.74, 6) is -0.0369. The van der Waals surface area contributed by atoms with Crippen molar-refractivity contribution < 1.29 is 22.4 Å². The molecule has 1 aromatic heterocycles. The minimum absolute atomic E-state index is 0.157. The highest BCUT2D eigenvalue weighted by molar-refractivity contribution is 5.82. The number of amides is 1. The van der Waals surface area contributed by atoms with Gasteiger partial charge in [-0.15, -0.1) is 0 Å². The minimum Gasteiger partial charge on any atom is -0.467 e. The van der Waals surface area contributed by atoms with Crippen LogP contribution in [0.5, 0.6) is 0 Å². The summed E-state index contributed by atoms with van der Waals surface area (Å²) in [6.45, 7) is 4.24. The van der Waals surface area contributed by atoms with Crippen molar-refractivity contribution >= 4 is 17.3 Å². The van der Waals surface area contributed by atoms with Gasteiger partial charge in [0.1, 0.15) is 5.76 Å². The average Bonchev–Trinajstić information content (AvgIpc) is 3.35. The van der Waals surface area contributed by atoms with Crippen molar-refractivity contribution in [2.45, 2.75) is 32.1 Å². The number of fused-ring (bicyclic) bond motifs is 3. The molecule has 0 aliphatic carbocycles. The first-order chi connectivity index (χ1) is 16.3. The van der Waals surface area contributed by atoms with Gasteiger partial charge in [-0.1, -0.05) is 17.7 Å². The molecular formula is C26H26F3N3O2. The Bertz CT molecular complexity index is 1160. The Labute approximate surface area is 196 Å². The molecule has 178 valence electrons. The second kappa shape index (κ2) is 8.74. The quantitative estimate of drug-likeness (QED) is 0.597. The summed E-state index contributed by atoms with van der Waals surface area (Å²) in [5, 5.41) is 2.93. The average molecular weight is 470 g/mol. The Kier molecular flexibility index (Phi) is 5.75. The van der Waals surface area contributed by atoms with E-state index in [0.29, 0.717) is 24.4 Å². The summed E-state index contributed by atoms with van der Waals surface area (Å²) in [6, 6.07) is 15.5. The molecule has 2 atom stereocenters. The van der Waals surface area contributed by atoms with Crippen molar-refractivity contribution in [3.63, 3.8) is 0 Å². The van der Waals surface area contributed by atoms with E-state index in [1.807, 2.05) is 6.92 Å². The lowest BCUT2D eigenvalue weighted by Gasteiger charge is -2.49. The molecule has 2 aliphatic heterocycles.